The molecule has 1 aromatic rings. The molecule has 19 heavy (non-hydrogen) atoms. The quantitative estimate of drug-likeness (QED) is 0.730. The van der Waals surface area contributed by atoms with E-state index in [9.17, 15) is 0 Å². The zero-order valence-corrected chi connectivity index (χ0v) is 12.7. The highest BCUT2D eigenvalue weighted by Crippen LogP contribution is 2.27. The predicted octanol–water partition coefficient (Wildman–Crippen LogP) is 3.32. The molecule has 1 aliphatic carbocycles. The van der Waals surface area contributed by atoms with Gasteiger partial charge in [-0.15, -0.1) is 0 Å². The molecule has 1 fully saturated rings. The van der Waals surface area contributed by atoms with Gasteiger partial charge in [0.05, 0.1) is 6.54 Å². The minimum absolute atomic E-state index is 0.848. The number of hydrogen-bond acceptors (Lipinski definition) is 3. The second kappa shape index (κ2) is 7.11. The third-order valence-corrected chi connectivity index (χ3v) is 4.03. The number of aryl methyl sites for hydroxylation is 1. The van der Waals surface area contributed by atoms with Crippen molar-refractivity contribution in [3.8, 4) is 0 Å². The van der Waals surface area contributed by atoms with E-state index in [4.69, 9.17) is 4.42 Å². The Morgan fingerprint density at radius 1 is 1.42 bits per heavy atom. The summed E-state index contributed by atoms with van der Waals surface area (Å²) in [6, 6.07) is 2.22. The van der Waals surface area contributed by atoms with E-state index >= 15 is 0 Å². The molecule has 1 saturated carbocycles. The van der Waals surface area contributed by atoms with Gasteiger partial charge in [-0.05, 0) is 51.8 Å². The maximum Gasteiger partial charge on any atom is 0.118 e. The van der Waals surface area contributed by atoms with Crippen molar-refractivity contribution in [2.75, 3.05) is 20.1 Å². The van der Waals surface area contributed by atoms with Gasteiger partial charge >= 0.3 is 0 Å². The van der Waals surface area contributed by atoms with Gasteiger partial charge in [0.15, 0.2) is 0 Å². The summed E-state index contributed by atoms with van der Waals surface area (Å²) in [4.78, 5) is 2.44. The van der Waals surface area contributed by atoms with Crippen LogP contribution in [-0.2, 0) is 13.1 Å². The fourth-order valence-electron chi connectivity index (χ4n) is 2.69. The van der Waals surface area contributed by atoms with Gasteiger partial charge in [-0.2, -0.15) is 0 Å². The number of furan rings is 1. The maximum atomic E-state index is 5.82. The van der Waals surface area contributed by atoms with Crippen molar-refractivity contribution in [1.29, 1.82) is 0 Å². The molecule has 0 radical (unpaired) electrons. The predicted molar refractivity (Wildman–Crippen MR) is 79.1 cm³/mol. The highest BCUT2D eigenvalue weighted by Gasteiger charge is 2.19. The van der Waals surface area contributed by atoms with Crippen molar-refractivity contribution >= 4 is 0 Å². The van der Waals surface area contributed by atoms with Gasteiger partial charge in [0.2, 0.25) is 0 Å². The van der Waals surface area contributed by atoms with E-state index in [0.29, 0.717) is 0 Å². The second-order valence-corrected chi connectivity index (χ2v) is 5.96. The lowest BCUT2D eigenvalue weighted by atomic mass is 9.85. The fourth-order valence-corrected chi connectivity index (χ4v) is 2.69. The summed E-state index contributed by atoms with van der Waals surface area (Å²) < 4.78 is 5.82. The smallest absolute Gasteiger partial charge is 0.118 e. The Labute approximate surface area is 117 Å². The van der Waals surface area contributed by atoms with Crippen LogP contribution in [0.2, 0.25) is 0 Å². The van der Waals surface area contributed by atoms with E-state index in [1.165, 1.54) is 31.4 Å². The number of nitrogens with zero attached hydrogens (tertiary/aromatic N) is 1. The zero-order chi connectivity index (χ0) is 13.7. The number of nitrogens with one attached hydrogen (secondary N) is 1. The summed E-state index contributed by atoms with van der Waals surface area (Å²) in [5.74, 6) is 3.08. The van der Waals surface area contributed by atoms with Crippen LogP contribution in [0.1, 0.15) is 49.7 Å². The summed E-state index contributed by atoms with van der Waals surface area (Å²) >= 11 is 0. The van der Waals surface area contributed by atoms with Crippen LogP contribution in [0, 0.1) is 12.8 Å². The lowest BCUT2D eigenvalue weighted by molar-refractivity contribution is 0.200. The summed E-state index contributed by atoms with van der Waals surface area (Å²) in [7, 11) is 2.22. The van der Waals surface area contributed by atoms with E-state index in [1.807, 2.05) is 0 Å². The Morgan fingerprint density at radius 3 is 2.84 bits per heavy atom. The van der Waals surface area contributed by atoms with E-state index < -0.39 is 0 Å². The first-order valence-electron chi connectivity index (χ1n) is 7.66. The Balaban J connectivity index is 1.81. The molecule has 3 heteroatoms. The Bertz CT molecular complexity index is 382. The second-order valence-electron chi connectivity index (χ2n) is 5.96. The number of hydrogen-bond donors (Lipinski definition) is 1. The first kappa shape index (κ1) is 14.6. The number of rotatable bonds is 8. The van der Waals surface area contributed by atoms with Crippen LogP contribution < -0.4 is 5.32 Å². The van der Waals surface area contributed by atoms with Crippen molar-refractivity contribution < 1.29 is 4.42 Å². The van der Waals surface area contributed by atoms with Crippen LogP contribution in [-0.4, -0.2) is 25.0 Å². The summed E-state index contributed by atoms with van der Waals surface area (Å²) in [5, 5.41) is 3.39. The molecule has 0 aliphatic heterocycles. The molecular weight excluding hydrogens is 236 g/mol. The molecule has 0 atom stereocenters. The van der Waals surface area contributed by atoms with Gasteiger partial charge < -0.3 is 14.6 Å². The first-order valence-corrected chi connectivity index (χ1v) is 7.66. The normalized spacial score (nSPS) is 16.0. The van der Waals surface area contributed by atoms with Gasteiger partial charge in [0.25, 0.3) is 0 Å². The lowest BCUT2D eigenvalue weighted by Gasteiger charge is -2.30. The molecule has 0 amide bonds. The molecule has 1 N–H and O–H groups in total. The standard InChI is InChI=1S/C16H28N2O/c1-4-8-17-10-16-9-15(13(2)19-16)12-18(3)11-14-6-5-7-14/h9,14,17H,4-8,10-12H2,1-3H3. The Morgan fingerprint density at radius 2 is 2.21 bits per heavy atom. The van der Waals surface area contributed by atoms with Crippen molar-refractivity contribution in [3.05, 3.63) is 23.2 Å². The van der Waals surface area contributed by atoms with Crippen molar-refractivity contribution in [3.63, 3.8) is 0 Å². The van der Waals surface area contributed by atoms with Gasteiger partial charge in [-0.1, -0.05) is 13.3 Å². The summed E-state index contributed by atoms with van der Waals surface area (Å²) in [6.45, 7) is 8.41. The minimum atomic E-state index is 0.848. The van der Waals surface area contributed by atoms with Crippen LogP contribution in [0.15, 0.2) is 10.5 Å². The van der Waals surface area contributed by atoms with Crippen LogP contribution in [0.3, 0.4) is 0 Å². The first-order chi connectivity index (χ1) is 9.19. The fraction of sp³-hybridized carbons (Fsp3) is 0.750. The van der Waals surface area contributed by atoms with E-state index in [1.54, 1.807) is 0 Å². The maximum absolute atomic E-state index is 5.82. The van der Waals surface area contributed by atoms with Crippen LogP contribution in [0.4, 0.5) is 0 Å². The SMILES string of the molecule is CCCNCc1cc(CN(C)CC2CCC2)c(C)o1. The zero-order valence-electron chi connectivity index (χ0n) is 12.7. The van der Waals surface area contributed by atoms with Crippen LogP contribution >= 0.6 is 0 Å². The molecule has 1 heterocycles. The Kier molecular flexibility index (Phi) is 5.46. The topological polar surface area (TPSA) is 28.4 Å². The van der Waals surface area contributed by atoms with Gasteiger partial charge in [-0.3, -0.25) is 0 Å². The highest BCUT2D eigenvalue weighted by molar-refractivity contribution is 5.20. The van der Waals surface area contributed by atoms with E-state index in [2.05, 4.69) is 37.2 Å². The molecule has 1 aromatic heterocycles. The third kappa shape index (κ3) is 4.36. The van der Waals surface area contributed by atoms with Crippen LogP contribution in [0.25, 0.3) is 0 Å². The molecule has 2 rings (SSSR count). The Hall–Kier alpha value is -0.800. The monoisotopic (exact) mass is 264 g/mol. The molecular formula is C16H28N2O. The molecule has 0 bridgehead atoms. The van der Waals surface area contributed by atoms with Crippen molar-refractivity contribution in [2.24, 2.45) is 5.92 Å². The summed E-state index contributed by atoms with van der Waals surface area (Å²) in [5.41, 5.74) is 1.34. The summed E-state index contributed by atoms with van der Waals surface area (Å²) in [6.07, 6.45) is 5.43. The van der Waals surface area contributed by atoms with Gasteiger partial charge in [-0.25, -0.2) is 0 Å². The molecule has 0 saturated heterocycles. The minimum Gasteiger partial charge on any atom is -0.465 e. The van der Waals surface area contributed by atoms with E-state index in [0.717, 1.165) is 43.5 Å². The van der Waals surface area contributed by atoms with Gasteiger partial charge in [0.1, 0.15) is 11.5 Å². The van der Waals surface area contributed by atoms with Crippen molar-refractivity contribution in [2.45, 2.75) is 52.6 Å². The average Bonchev–Trinajstić information content (AvgIpc) is 2.65. The molecule has 3 nitrogen and oxygen atoms in total. The molecule has 0 unspecified atom stereocenters. The average molecular weight is 264 g/mol. The third-order valence-electron chi connectivity index (χ3n) is 4.03. The van der Waals surface area contributed by atoms with Gasteiger partial charge in [0, 0.05) is 18.7 Å². The molecule has 1 aliphatic rings. The molecule has 108 valence electrons. The largest absolute Gasteiger partial charge is 0.465 e. The molecule has 0 spiro atoms. The van der Waals surface area contributed by atoms with E-state index in [-0.39, 0.29) is 0 Å². The highest BCUT2D eigenvalue weighted by atomic mass is 16.3. The lowest BCUT2D eigenvalue weighted by Crippen LogP contribution is -2.29. The van der Waals surface area contributed by atoms with Crippen LogP contribution in [0.5, 0.6) is 0 Å². The van der Waals surface area contributed by atoms with Crippen molar-refractivity contribution in [1.82, 2.24) is 10.2 Å². The molecule has 0 aromatic carbocycles.